The number of nitrogens with zero attached hydrogens (tertiary/aromatic N) is 1. The Morgan fingerprint density at radius 2 is 2.11 bits per heavy atom. The minimum Gasteiger partial charge on any atom is -0.468 e. The van der Waals surface area contributed by atoms with E-state index in [1.807, 2.05) is 6.26 Å². The van der Waals surface area contributed by atoms with Crippen molar-refractivity contribution in [3.05, 3.63) is 23.7 Å². The second kappa shape index (κ2) is 7.36. The Bertz CT molecular complexity index is 370. The molecule has 1 aromatic heterocycles. The Labute approximate surface area is 121 Å². The quantitative estimate of drug-likeness (QED) is 0.812. The normalized spacial score (nSPS) is 24.8. The van der Waals surface area contributed by atoms with Gasteiger partial charge in [0.25, 0.3) is 0 Å². The van der Waals surface area contributed by atoms with Crippen LogP contribution in [0.25, 0.3) is 0 Å². The van der Waals surface area contributed by atoms with Crippen LogP contribution < -0.4 is 5.32 Å². The van der Waals surface area contributed by atoms with Gasteiger partial charge < -0.3 is 9.73 Å². The van der Waals surface area contributed by atoms with Crippen LogP contribution in [0.5, 0.6) is 0 Å². The third kappa shape index (κ3) is 4.86. The highest BCUT2D eigenvalue weighted by Crippen LogP contribution is 2.25. The van der Waals surface area contributed by atoms with E-state index in [-0.39, 0.29) is 0 Å². The monoisotopic (exact) mass is 282 g/mol. The van der Waals surface area contributed by atoms with Gasteiger partial charge >= 0.3 is 0 Å². The van der Waals surface area contributed by atoms with E-state index in [0.717, 1.165) is 35.9 Å². The molecule has 0 spiro atoms. The second-order valence-electron chi connectivity index (χ2n) is 5.55. The van der Waals surface area contributed by atoms with Gasteiger partial charge in [-0.1, -0.05) is 20.8 Å². The Kier molecular flexibility index (Phi) is 5.79. The largest absolute Gasteiger partial charge is 0.468 e. The molecule has 0 amide bonds. The van der Waals surface area contributed by atoms with Crippen molar-refractivity contribution in [3.63, 3.8) is 0 Å². The summed E-state index contributed by atoms with van der Waals surface area (Å²) in [4.78, 5) is 2.51. The fourth-order valence-electron chi connectivity index (χ4n) is 2.65. The average Bonchev–Trinajstić information content (AvgIpc) is 2.76. The highest BCUT2D eigenvalue weighted by atomic mass is 32.2. The van der Waals surface area contributed by atoms with Crippen LogP contribution in [-0.4, -0.2) is 35.0 Å². The maximum absolute atomic E-state index is 5.68. The van der Waals surface area contributed by atoms with Crippen molar-refractivity contribution >= 4 is 11.8 Å². The van der Waals surface area contributed by atoms with Crippen molar-refractivity contribution in [2.45, 2.75) is 50.8 Å². The first-order valence-corrected chi connectivity index (χ1v) is 8.26. The maximum atomic E-state index is 5.68. The first-order chi connectivity index (χ1) is 9.17. The fraction of sp³-hybridized carbons (Fsp3) is 0.733. The van der Waals surface area contributed by atoms with Gasteiger partial charge in [-0.3, -0.25) is 4.90 Å². The van der Waals surface area contributed by atoms with E-state index < -0.39 is 0 Å². The Morgan fingerprint density at radius 1 is 1.37 bits per heavy atom. The Balaban J connectivity index is 1.82. The minimum absolute atomic E-state index is 0.726. The number of rotatable bonds is 6. The minimum atomic E-state index is 0.726. The first kappa shape index (κ1) is 14.9. The van der Waals surface area contributed by atoms with Crippen LogP contribution in [0, 0.1) is 0 Å². The zero-order valence-electron chi connectivity index (χ0n) is 12.3. The highest BCUT2D eigenvalue weighted by Gasteiger charge is 2.22. The molecule has 2 rings (SSSR count). The van der Waals surface area contributed by atoms with Crippen molar-refractivity contribution in [2.75, 3.05) is 19.6 Å². The van der Waals surface area contributed by atoms with E-state index >= 15 is 0 Å². The van der Waals surface area contributed by atoms with Crippen molar-refractivity contribution < 1.29 is 4.42 Å². The number of thioether (sulfide) groups is 1. The molecular formula is C15H26N2OS. The molecule has 1 aliphatic rings. The van der Waals surface area contributed by atoms with Crippen molar-refractivity contribution in [3.8, 4) is 0 Å². The van der Waals surface area contributed by atoms with Gasteiger partial charge in [-0.15, -0.1) is 0 Å². The van der Waals surface area contributed by atoms with E-state index in [9.17, 15) is 0 Å². The van der Waals surface area contributed by atoms with Gasteiger partial charge in [0, 0.05) is 35.7 Å². The second-order valence-corrected chi connectivity index (χ2v) is 7.43. The number of nitrogens with one attached hydrogen (secondary N) is 1. The third-order valence-electron chi connectivity index (χ3n) is 3.34. The summed E-state index contributed by atoms with van der Waals surface area (Å²) in [7, 11) is 0. The molecule has 0 aromatic carbocycles. The smallest absolute Gasteiger partial charge is 0.118 e. The van der Waals surface area contributed by atoms with Gasteiger partial charge in [0.15, 0.2) is 0 Å². The summed E-state index contributed by atoms with van der Waals surface area (Å²) in [6.07, 6.45) is 3.06. The molecule has 1 fully saturated rings. The predicted molar refractivity (Wildman–Crippen MR) is 82.5 cm³/mol. The summed E-state index contributed by atoms with van der Waals surface area (Å²) in [6, 6.07) is 2.19. The molecule has 0 bridgehead atoms. The lowest BCUT2D eigenvalue weighted by Crippen LogP contribution is -2.39. The molecule has 1 aliphatic heterocycles. The molecule has 1 saturated heterocycles. The zero-order valence-corrected chi connectivity index (χ0v) is 13.1. The van der Waals surface area contributed by atoms with Crippen LogP contribution in [0.4, 0.5) is 0 Å². The van der Waals surface area contributed by atoms with Gasteiger partial charge in [0.05, 0.1) is 12.8 Å². The standard InChI is InChI=1S/C15H26N2OS/c1-4-5-16-7-14-6-15(18-11-14)10-17-8-12(2)19-13(3)9-17/h6,11-13,16H,4-5,7-10H2,1-3H3. The van der Waals surface area contributed by atoms with Crippen LogP contribution >= 0.6 is 11.8 Å². The molecule has 2 atom stereocenters. The summed E-state index contributed by atoms with van der Waals surface area (Å²) in [5, 5.41) is 4.86. The van der Waals surface area contributed by atoms with E-state index in [1.54, 1.807) is 0 Å². The summed E-state index contributed by atoms with van der Waals surface area (Å²) in [5.74, 6) is 1.10. The molecule has 2 unspecified atom stereocenters. The number of hydrogen-bond acceptors (Lipinski definition) is 4. The lowest BCUT2D eigenvalue weighted by Gasteiger charge is -2.33. The van der Waals surface area contributed by atoms with Crippen LogP contribution in [-0.2, 0) is 13.1 Å². The van der Waals surface area contributed by atoms with Crippen LogP contribution in [0.2, 0.25) is 0 Å². The van der Waals surface area contributed by atoms with E-state index in [2.05, 4.69) is 48.8 Å². The Hall–Kier alpha value is -0.450. The molecule has 4 heteroatoms. The van der Waals surface area contributed by atoms with Crippen LogP contribution in [0.3, 0.4) is 0 Å². The number of hydrogen-bond donors (Lipinski definition) is 1. The van der Waals surface area contributed by atoms with Gasteiger partial charge in [-0.05, 0) is 19.0 Å². The van der Waals surface area contributed by atoms with Crippen molar-refractivity contribution in [1.82, 2.24) is 10.2 Å². The van der Waals surface area contributed by atoms with E-state index in [1.165, 1.54) is 25.1 Å². The van der Waals surface area contributed by atoms with Gasteiger partial charge in [-0.2, -0.15) is 11.8 Å². The topological polar surface area (TPSA) is 28.4 Å². The van der Waals surface area contributed by atoms with Crippen LogP contribution in [0.1, 0.15) is 38.5 Å². The van der Waals surface area contributed by atoms with Crippen molar-refractivity contribution in [1.29, 1.82) is 0 Å². The average molecular weight is 282 g/mol. The molecular weight excluding hydrogens is 256 g/mol. The summed E-state index contributed by atoms with van der Waals surface area (Å²) < 4.78 is 5.68. The molecule has 108 valence electrons. The van der Waals surface area contributed by atoms with E-state index in [4.69, 9.17) is 4.42 Å². The van der Waals surface area contributed by atoms with Crippen LogP contribution in [0.15, 0.2) is 16.7 Å². The molecule has 3 nitrogen and oxygen atoms in total. The summed E-state index contributed by atoms with van der Waals surface area (Å²) in [5.41, 5.74) is 1.26. The molecule has 0 aliphatic carbocycles. The van der Waals surface area contributed by atoms with Gasteiger partial charge in [0.1, 0.15) is 5.76 Å². The first-order valence-electron chi connectivity index (χ1n) is 7.32. The Morgan fingerprint density at radius 3 is 2.79 bits per heavy atom. The number of furan rings is 1. The molecule has 0 saturated carbocycles. The molecule has 2 heterocycles. The SMILES string of the molecule is CCCNCc1coc(CN2CC(C)SC(C)C2)c1. The lowest BCUT2D eigenvalue weighted by molar-refractivity contribution is 0.241. The molecule has 1 N–H and O–H groups in total. The van der Waals surface area contributed by atoms with Gasteiger partial charge in [-0.25, -0.2) is 0 Å². The summed E-state index contributed by atoms with van der Waals surface area (Å²) >= 11 is 2.09. The summed E-state index contributed by atoms with van der Waals surface area (Å²) in [6.45, 7) is 12.1. The molecule has 0 radical (unpaired) electrons. The lowest BCUT2D eigenvalue weighted by atomic mass is 10.2. The zero-order chi connectivity index (χ0) is 13.7. The van der Waals surface area contributed by atoms with Crippen molar-refractivity contribution in [2.24, 2.45) is 0 Å². The molecule has 19 heavy (non-hydrogen) atoms. The predicted octanol–water partition coefficient (Wildman–Crippen LogP) is 3.11. The maximum Gasteiger partial charge on any atom is 0.118 e. The van der Waals surface area contributed by atoms with Gasteiger partial charge in [0.2, 0.25) is 0 Å². The highest BCUT2D eigenvalue weighted by molar-refractivity contribution is 8.00. The van der Waals surface area contributed by atoms with E-state index in [0.29, 0.717) is 0 Å². The fourth-order valence-corrected chi connectivity index (χ4v) is 4.03. The third-order valence-corrected chi connectivity index (χ3v) is 4.57. The molecule has 1 aromatic rings.